The molecule has 0 aliphatic rings. The number of anilines is 1. The Morgan fingerprint density at radius 3 is 3.04 bits per heavy atom. The van der Waals surface area contributed by atoms with Crippen LogP contribution in [0.15, 0.2) is 47.3 Å². The number of hydrogen-bond acceptors (Lipinski definition) is 6. The third-order valence-electron chi connectivity index (χ3n) is 2.90. The highest BCUT2D eigenvalue weighted by Gasteiger charge is 2.10. The van der Waals surface area contributed by atoms with E-state index in [4.69, 9.17) is 4.42 Å². The molecule has 118 valence electrons. The van der Waals surface area contributed by atoms with Crippen molar-refractivity contribution in [1.29, 1.82) is 0 Å². The zero-order valence-electron chi connectivity index (χ0n) is 11.8. The summed E-state index contributed by atoms with van der Waals surface area (Å²) in [6, 6.07) is 7.87. The molecule has 1 aromatic carbocycles. The molecule has 0 atom stereocenters. The van der Waals surface area contributed by atoms with Crippen molar-refractivity contribution < 1.29 is 13.6 Å². The van der Waals surface area contributed by atoms with Gasteiger partial charge in [-0.1, -0.05) is 0 Å². The molecule has 0 fully saturated rings. The smallest absolute Gasteiger partial charge is 0.234 e. The molecule has 3 aromatic rings. The van der Waals surface area contributed by atoms with Crippen LogP contribution in [0.3, 0.4) is 0 Å². The lowest BCUT2D eigenvalue weighted by molar-refractivity contribution is -0.113. The predicted molar refractivity (Wildman–Crippen MR) is 82.6 cm³/mol. The Bertz CT molecular complexity index is 777. The highest BCUT2D eigenvalue weighted by molar-refractivity contribution is 7.99. The molecule has 23 heavy (non-hydrogen) atoms. The van der Waals surface area contributed by atoms with Gasteiger partial charge in [-0.2, -0.15) is 0 Å². The first-order valence-corrected chi connectivity index (χ1v) is 7.81. The highest BCUT2D eigenvalue weighted by atomic mass is 32.2. The Morgan fingerprint density at radius 2 is 2.30 bits per heavy atom. The van der Waals surface area contributed by atoms with Gasteiger partial charge in [0.1, 0.15) is 17.9 Å². The summed E-state index contributed by atoms with van der Waals surface area (Å²) < 4.78 is 20.4. The molecule has 2 heterocycles. The second kappa shape index (κ2) is 7.05. The molecule has 3 rings (SSSR count). The Hall–Kier alpha value is -2.68. The number of nitrogens with one attached hydrogen (secondary N) is 1. The molecular formula is C14H12FN5O2S. The van der Waals surface area contributed by atoms with Gasteiger partial charge in [-0.3, -0.25) is 4.79 Å². The maximum Gasteiger partial charge on any atom is 0.234 e. The molecule has 2 aromatic heterocycles. The number of halogens is 1. The first-order valence-electron chi connectivity index (χ1n) is 6.65. The Morgan fingerprint density at radius 1 is 1.39 bits per heavy atom. The first-order chi connectivity index (χ1) is 11.2. The number of benzene rings is 1. The van der Waals surface area contributed by atoms with Crippen LogP contribution in [0.1, 0.15) is 5.76 Å². The van der Waals surface area contributed by atoms with E-state index in [1.807, 2.05) is 6.07 Å². The molecule has 0 saturated heterocycles. The summed E-state index contributed by atoms with van der Waals surface area (Å²) in [4.78, 5) is 11.9. The number of thioether (sulfide) groups is 1. The summed E-state index contributed by atoms with van der Waals surface area (Å²) in [5.74, 6) is 0.734. The minimum Gasteiger partial charge on any atom is -0.468 e. The molecule has 0 aliphatic heterocycles. The minimum absolute atomic E-state index is 0.0848. The largest absolute Gasteiger partial charge is 0.468 e. The van der Waals surface area contributed by atoms with E-state index in [1.165, 1.54) is 41.0 Å². The van der Waals surface area contributed by atoms with Crippen LogP contribution in [0.4, 0.5) is 10.1 Å². The topological polar surface area (TPSA) is 85.8 Å². The lowest BCUT2D eigenvalue weighted by Crippen LogP contribution is -2.15. The van der Waals surface area contributed by atoms with E-state index in [0.717, 1.165) is 5.76 Å². The summed E-state index contributed by atoms with van der Waals surface area (Å²) in [7, 11) is 0. The van der Waals surface area contributed by atoms with Gasteiger partial charge in [-0.25, -0.2) is 9.07 Å². The summed E-state index contributed by atoms with van der Waals surface area (Å²) in [5.41, 5.74) is 0.636. The van der Waals surface area contributed by atoms with Crippen molar-refractivity contribution in [3.63, 3.8) is 0 Å². The average Bonchev–Trinajstić information content (AvgIpc) is 3.22. The van der Waals surface area contributed by atoms with E-state index in [-0.39, 0.29) is 17.3 Å². The van der Waals surface area contributed by atoms with E-state index in [1.54, 1.807) is 12.3 Å². The molecule has 9 heteroatoms. The fraction of sp³-hybridized carbons (Fsp3) is 0.143. The van der Waals surface area contributed by atoms with E-state index < -0.39 is 5.82 Å². The van der Waals surface area contributed by atoms with Crippen LogP contribution in [-0.4, -0.2) is 31.9 Å². The van der Waals surface area contributed by atoms with E-state index >= 15 is 0 Å². The molecule has 0 saturated carbocycles. The normalized spacial score (nSPS) is 10.7. The summed E-state index contributed by atoms with van der Waals surface area (Å²) in [6.07, 6.45) is 2.97. The maximum absolute atomic E-state index is 13.8. The number of aromatic nitrogens is 4. The van der Waals surface area contributed by atoms with E-state index in [9.17, 15) is 9.18 Å². The van der Waals surface area contributed by atoms with Crippen molar-refractivity contribution in [2.45, 2.75) is 5.75 Å². The Kier molecular flexibility index (Phi) is 4.67. The molecule has 1 N–H and O–H groups in total. The predicted octanol–water partition coefficient (Wildman–Crippen LogP) is 2.27. The van der Waals surface area contributed by atoms with Crippen LogP contribution in [0, 0.1) is 5.82 Å². The van der Waals surface area contributed by atoms with Gasteiger partial charge in [0, 0.05) is 0 Å². The van der Waals surface area contributed by atoms with E-state index in [2.05, 4.69) is 20.8 Å². The number of hydrogen-bond donors (Lipinski definition) is 1. The number of carbonyl (C=O) groups is 1. The van der Waals surface area contributed by atoms with Gasteiger partial charge in [0.15, 0.2) is 0 Å². The second-order valence-corrected chi connectivity index (χ2v) is 5.52. The third kappa shape index (κ3) is 3.95. The van der Waals surface area contributed by atoms with Gasteiger partial charge in [0.05, 0.1) is 29.1 Å². The maximum atomic E-state index is 13.8. The molecular weight excluding hydrogens is 321 g/mol. The Balaban J connectivity index is 1.60. The molecule has 0 spiro atoms. The van der Waals surface area contributed by atoms with Crippen LogP contribution in [0.2, 0.25) is 0 Å². The number of tetrazole rings is 1. The van der Waals surface area contributed by atoms with Gasteiger partial charge in [0.25, 0.3) is 0 Å². The fourth-order valence-corrected chi connectivity index (χ4v) is 2.58. The molecule has 1 amide bonds. The van der Waals surface area contributed by atoms with Crippen LogP contribution < -0.4 is 5.32 Å². The summed E-state index contributed by atoms with van der Waals surface area (Å²) in [6.45, 7) is 0. The standard InChI is InChI=1S/C14H12FN5O2S/c15-12-4-3-10(20-9-16-18-19-20)6-13(12)17-14(21)8-23-7-11-2-1-5-22-11/h1-6,9H,7-8H2,(H,17,21). The number of furan rings is 1. The van der Waals surface area contributed by atoms with Crippen molar-refractivity contribution in [1.82, 2.24) is 20.2 Å². The summed E-state index contributed by atoms with van der Waals surface area (Å²) in [5, 5.41) is 13.3. The third-order valence-corrected chi connectivity index (χ3v) is 3.85. The van der Waals surface area contributed by atoms with Crippen molar-refractivity contribution >= 4 is 23.4 Å². The lowest BCUT2D eigenvalue weighted by atomic mass is 10.2. The van der Waals surface area contributed by atoms with Crippen molar-refractivity contribution in [3.8, 4) is 5.69 Å². The number of rotatable bonds is 6. The zero-order valence-corrected chi connectivity index (χ0v) is 12.7. The van der Waals surface area contributed by atoms with Crippen molar-refractivity contribution in [3.05, 3.63) is 54.5 Å². The molecule has 0 bridgehead atoms. The van der Waals surface area contributed by atoms with Gasteiger partial charge >= 0.3 is 0 Å². The number of amides is 1. The second-order valence-electron chi connectivity index (χ2n) is 4.54. The van der Waals surface area contributed by atoms with Crippen molar-refractivity contribution in [2.75, 3.05) is 11.1 Å². The van der Waals surface area contributed by atoms with Gasteiger partial charge < -0.3 is 9.73 Å². The number of carbonyl (C=O) groups excluding carboxylic acids is 1. The van der Waals surface area contributed by atoms with Crippen LogP contribution in [0.5, 0.6) is 0 Å². The average molecular weight is 333 g/mol. The van der Waals surface area contributed by atoms with Crippen molar-refractivity contribution in [2.24, 2.45) is 0 Å². The number of nitrogens with zero attached hydrogens (tertiary/aromatic N) is 4. The van der Waals surface area contributed by atoms with Crippen LogP contribution in [-0.2, 0) is 10.5 Å². The fourth-order valence-electron chi connectivity index (χ4n) is 1.86. The van der Waals surface area contributed by atoms with Crippen LogP contribution in [0.25, 0.3) is 5.69 Å². The van der Waals surface area contributed by atoms with Gasteiger partial charge in [-0.05, 0) is 40.8 Å². The Labute approximate surface area is 134 Å². The molecule has 7 nitrogen and oxygen atoms in total. The SMILES string of the molecule is O=C(CSCc1ccco1)Nc1cc(-n2cnnn2)ccc1F. The minimum atomic E-state index is -0.522. The monoisotopic (exact) mass is 333 g/mol. The molecule has 0 aliphatic carbocycles. The summed E-state index contributed by atoms with van der Waals surface area (Å²) >= 11 is 1.38. The zero-order chi connectivity index (χ0) is 16.1. The van der Waals surface area contributed by atoms with Gasteiger partial charge in [0.2, 0.25) is 5.91 Å². The lowest BCUT2D eigenvalue weighted by Gasteiger charge is -2.08. The molecule has 0 radical (unpaired) electrons. The highest BCUT2D eigenvalue weighted by Crippen LogP contribution is 2.19. The quantitative estimate of drug-likeness (QED) is 0.745. The first kappa shape index (κ1) is 15.2. The van der Waals surface area contributed by atoms with Gasteiger partial charge in [-0.15, -0.1) is 16.9 Å². The van der Waals surface area contributed by atoms with Crippen LogP contribution >= 0.6 is 11.8 Å². The molecule has 0 unspecified atom stereocenters. The van der Waals surface area contributed by atoms with E-state index in [0.29, 0.717) is 11.4 Å².